The van der Waals surface area contributed by atoms with Gasteiger partial charge < -0.3 is 5.32 Å². The minimum atomic E-state index is -3.67. The number of hydrogen-bond acceptors (Lipinski definition) is 4. The van der Waals surface area contributed by atoms with Crippen LogP contribution in [-0.2, 0) is 10.0 Å². The largest absolute Gasteiger partial charge is 0.331 e. The van der Waals surface area contributed by atoms with E-state index in [1.807, 2.05) is 0 Å². The van der Waals surface area contributed by atoms with Crippen molar-refractivity contribution in [3.63, 3.8) is 0 Å². The number of aliphatic imine (C=N–C) groups is 1. The Hall–Kier alpha value is -2.19. The van der Waals surface area contributed by atoms with Gasteiger partial charge in [-0.3, -0.25) is 4.99 Å². The first-order valence-corrected chi connectivity index (χ1v) is 8.92. The molecule has 2 aromatic heterocycles. The molecule has 0 fully saturated rings. The first-order chi connectivity index (χ1) is 11.0. The van der Waals surface area contributed by atoms with E-state index in [2.05, 4.69) is 31.2 Å². The summed E-state index contributed by atoms with van der Waals surface area (Å²) in [5, 5.41) is 3.65. The Morgan fingerprint density at radius 2 is 2.04 bits per heavy atom. The molecule has 1 N–H and O–H groups in total. The van der Waals surface area contributed by atoms with Crippen LogP contribution in [-0.4, -0.2) is 30.8 Å². The maximum Gasteiger partial charge on any atom is 0.268 e. The summed E-state index contributed by atoms with van der Waals surface area (Å²) >= 11 is 3.41. The molecule has 0 bridgehead atoms. The van der Waals surface area contributed by atoms with Gasteiger partial charge in [-0.2, -0.15) is 0 Å². The third-order valence-corrected chi connectivity index (χ3v) is 5.57. The van der Waals surface area contributed by atoms with Crippen LogP contribution in [0, 0.1) is 0 Å². The van der Waals surface area contributed by atoms with Crippen LogP contribution >= 0.6 is 15.9 Å². The van der Waals surface area contributed by atoms with Crippen molar-refractivity contribution in [2.75, 3.05) is 12.4 Å². The highest BCUT2D eigenvalue weighted by Gasteiger charge is 2.20. The van der Waals surface area contributed by atoms with Crippen molar-refractivity contribution in [3.8, 4) is 0 Å². The van der Waals surface area contributed by atoms with Gasteiger partial charge >= 0.3 is 0 Å². The molecule has 2 heterocycles. The van der Waals surface area contributed by atoms with Crippen molar-refractivity contribution < 1.29 is 8.42 Å². The van der Waals surface area contributed by atoms with Crippen LogP contribution in [0.25, 0.3) is 10.9 Å². The average Bonchev–Trinajstić information content (AvgIpc) is 2.91. The molecule has 0 unspecified atom stereocenters. The summed E-state index contributed by atoms with van der Waals surface area (Å²) in [6.45, 7) is 0. The smallest absolute Gasteiger partial charge is 0.268 e. The predicted molar refractivity (Wildman–Crippen MR) is 94.5 cm³/mol. The molecule has 0 aliphatic carbocycles. The molecule has 0 spiro atoms. The summed E-state index contributed by atoms with van der Waals surface area (Å²) < 4.78 is 27.5. The highest BCUT2D eigenvalue weighted by Crippen LogP contribution is 2.30. The van der Waals surface area contributed by atoms with E-state index in [9.17, 15) is 8.42 Å². The maximum absolute atomic E-state index is 12.8. The average molecular weight is 393 g/mol. The molecule has 0 radical (unpaired) electrons. The number of fused-ring (bicyclic) bond motifs is 1. The molecule has 23 heavy (non-hydrogen) atoms. The minimum absolute atomic E-state index is 0.227. The Morgan fingerprint density at radius 3 is 2.74 bits per heavy atom. The number of halogens is 1. The Labute approximate surface area is 142 Å². The first-order valence-electron chi connectivity index (χ1n) is 6.68. The zero-order valence-electron chi connectivity index (χ0n) is 12.1. The van der Waals surface area contributed by atoms with Gasteiger partial charge in [-0.1, -0.05) is 18.2 Å². The number of aromatic nitrogens is 2. The van der Waals surface area contributed by atoms with E-state index in [4.69, 9.17) is 0 Å². The Balaban J connectivity index is 2.16. The number of nitrogens with one attached hydrogen (secondary N) is 1. The third kappa shape index (κ3) is 2.87. The summed E-state index contributed by atoms with van der Waals surface area (Å²) in [5.74, 6) is 0.582. The van der Waals surface area contributed by atoms with Crippen molar-refractivity contribution in [2.24, 2.45) is 4.99 Å². The second-order valence-corrected chi connectivity index (χ2v) is 7.38. The van der Waals surface area contributed by atoms with Gasteiger partial charge in [-0.25, -0.2) is 17.4 Å². The van der Waals surface area contributed by atoms with Gasteiger partial charge in [0.05, 0.1) is 22.9 Å². The zero-order chi connectivity index (χ0) is 16.4. The molecule has 8 heteroatoms. The number of anilines is 1. The van der Waals surface area contributed by atoms with E-state index in [0.29, 0.717) is 15.8 Å². The number of rotatable bonds is 4. The number of benzene rings is 1. The minimum Gasteiger partial charge on any atom is -0.331 e. The maximum atomic E-state index is 12.8. The number of pyridine rings is 1. The summed E-state index contributed by atoms with van der Waals surface area (Å²) in [7, 11) is -2.03. The lowest BCUT2D eigenvalue weighted by Crippen LogP contribution is -2.11. The van der Waals surface area contributed by atoms with Gasteiger partial charge in [0.25, 0.3) is 10.0 Å². The van der Waals surface area contributed by atoms with Gasteiger partial charge in [0.15, 0.2) is 0 Å². The Morgan fingerprint density at radius 1 is 1.30 bits per heavy atom. The molecule has 3 aromatic rings. The zero-order valence-corrected chi connectivity index (χ0v) is 14.5. The molecule has 6 nitrogen and oxygen atoms in total. The second-order valence-electron chi connectivity index (χ2n) is 4.71. The van der Waals surface area contributed by atoms with Gasteiger partial charge in [-0.15, -0.1) is 0 Å². The van der Waals surface area contributed by atoms with E-state index >= 15 is 0 Å². The SMILES string of the molecule is CN=CNc1cc2c(Br)cn(S(=O)(=O)c3ccccc3)c2cn1. The third-order valence-electron chi connectivity index (χ3n) is 3.25. The van der Waals surface area contributed by atoms with Gasteiger partial charge in [0.1, 0.15) is 5.82 Å². The number of nitrogens with zero attached hydrogens (tertiary/aromatic N) is 3. The van der Waals surface area contributed by atoms with Crippen LogP contribution in [0.2, 0.25) is 0 Å². The first kappa shape index (κ1) is 15.7. The normalized spacial score (nSPS) is 12.1. The van der Waals surface area contributed by atoms with Crippen LogP contribution in [0.4, 0.5) is 5.82 Å². The van der Waals surface area contributed by atoms with Crippen molar-refractivity contribution in [3.05, 3.63) is 53.3 Å². The molecule has 0 aliphatic rings. The van der Waals surface area contributed by atoms with Crippen LogP contribution in [0.15, 0.2) is 63.2 Å². The topological polar surface area (TPSA) is 76.3 Å². The van der Waals surface area contributed by atoms with Crippen LogP contribution < -0.4 is 5.32 Å². The lowest BCUT2D eigenvalue weighted by atomic mass is 10.3. The molecule has 0 saturated carbocycles. The van der Waals surface area contributed by atoms with Gasteiger partial charge in [0, 0.05) is 23.1 Å². The highest BCUT2D eigenvalue weighted by molar-refractivity contribution is 9.10. The standard InChI is InChI=1S/C15H13BrN4O2S/c1-17-10-19-15-7-12-13(16)9-20(14(12)8-18-15)23(21,22)11-5-3-2-4-6-11/h2-10H,1H3,(H,17,18,19). The fraction of sp³-hybridized carbons (Fsp3) is 0.0667. The molecule has 0 aliphatic heterocycles. The molecular formula is C15H13BrN4O2S. The molecule has 1 aromatic carbocycles. The Bertz CT molecular complexity index is 981. The quantitative estimate of drug-likeness (QED) is 0.546. The molecule has 3 rings (SSSR count). The fourth-order valence-corrected chi connectivity index (χ4v) is 4.21. The second kappa shape index (κ2) is 6.13. The van der Waals surface area contributed by atoms with E-state index in [-0.39, 0.29) is 4.90 Å². The van der Waals surface area contributed by atoms with Crippen LogP contribution in [0.5, 0.6) is 0 Å². The van der Waals surface area contributed by atoms with E-state index in [0.717, 1.165) is 5.39 Å². The van der Waals surface area contributed by atoms with Gasteiger partial charge in [0.2, 0.25) is 0 Å². The van der Waals surface area contributed by atoms with Gasteiger partial charge in [-0.05, 0) is 34.1 Å². The Kier molecular flexibility index (Phi) is 4.18. The van der Waals surface area contributed by atoms with Crippen molar-refractivity contribution in [1.29, 1.82) is 0 Å². The summed E-state index contributed by atoms with van der Waals surface area (Å²) in [5.41, 5.74) is 0.500. The van der Waals surface area contributed by atoms with Crippen LogP contribution in [0.1, 0.15) is 0 Å². The highest BCUT2D eigenvalue weighted by atomic mass is 79.9. The van der Waals surface area contributed by atoms with E-state index < -0.39 is 10.0 Å². The molecule has 0 atom stereocenters. The predicted octanol–water partition coefficient (Wildman–Crippen LogP) is 3.11. The van der Waals surface area contributed by atoms with Crippen molar-refractivity contribution >= 4 is 49.0 Å². The molecule has 0 saturated heterocycles. The number of hydrogen-bond donors (Lipinski definition) is 1. The molecule has 0 amide bonds. The summed E-state index contributed by atoms with van der Waals surface area (Å²) in [4.78, 5) is 8.27. The van der Waals surface area contributed by atoms with Crippen LogP contribution in [0.3, 0.4) is 0 Å². The molecule has 118 valence electrons. The molecular weight excluding hydrogens is 380 g/mol. The van der Waals surface area contributed by atoms with Crippen molar-refractivity contribution in [2.45, 2.75) is 4.90 Å². The van der Waals surface area contributed by atoms with E-state index in [1.54, 1.807) is 43.4 Å². The fourth-order valence-electron chi connectivity index (χ4n) is 2.17. The lowest BCUT2D eigenvalue weighted by molar-refractivity contribution is 0.589. The summed E-state index contributed by atoms with van der Waals surface area (Å²) in [6, 6.07) is 10.1. The van der Waals surface area contributed by atoms with E-state index in [1.165, 1.54) is 22.7 Å². The lowest BCUT2D eigenvalue weighted by Gasteiger charge is -2.07. The summed E-state index contributed by atoms with van der Waals surface area (Å²) in [6.07, 6.45) is 4.57. The monoisotopic (exact) mass is 392 g/mol. The van der Waals surface area contributed by atoms with Crippen molar-refractivity contribution in [1.82, 2.24) is 8.96 Å².